The van der Waals surface area contributed by atoms with Crippen molar-refractivity contribution in [3.05, 3.63) is 48.7 Å². The van der Waals surface area contributed by atoms with Crippen molar-refractivity contribution in [2.24, 2.45) is 0 Å². The highest BCUT2D eigenvalue weighted by Crippen LogP contribution is 2.33. The Bertz CT molecular complexity index is 1280. The van der Waals surface area contributed by atoms with Crippen molar-refractivity contribution in [3.63, 3.8) is 0 Å². The molecular formula is C29H35N4O3. The molecule has 2 aromatic heterocycles. The quantitative estimate of drug-likeness (QED) is 0.359. The summed E-state index contributed by atoms with van der Waals surface area (Å²) in [5.74, 6) is 1.79. The van der Waals surface area contributed by atoms with E-state index < -0.39 is 0 Å². The van der Waals surface area contributed by atoms with E-state index >= 15 is 0 Å². The summed E-state index contributed by atoms with van der Waals surface area (Å²) in [6.45, 7) is 9.31. The molecule has 2 aliphatic heterocycles. The Hall–Kier alpha value is -3.00. The average Bonchev–Trinajstić information content (AvgIpc) is 3.53. The number of nitrogens with one attached hydrogen (secondary N) is 2. The molecule has 7 nitrogen and oxygen atoms in total. The second kappa shape index (κ2) is 10.9. The Kier molecular flexibility index (Phi) is 7.12. The summed E-state index contributed by atoms with van der Waals surface area (Å²) in [5, 5.41) is 2.21. The van der Waals surface area contributed by atoms with Crippen molar-refractivity contribution in [2.45, 2.75) is 19.3 Å². The first-order chi connectivity index (χ1) is 17.8. The van der Waals surface area contributed by atoms with E-state index in [9.17, 15) is 0 Å². The summed E-state index contributed by atoms with van der Waals surface area (Å²) >= 11 is 0. The number of morpholine rings is 1. The molecule has 4 aromatic rings. The van der Waals surface area contributed by atoms with E-state index in [4.69, 9.17) is 14.2 Å². The number of benzene rings is 2. The van der Waals surface area contributed by atoms with Gasteiger partial charge in [-0.25, -0.2) is 0 Å². The van der Waals surface area contributed by atoms with Crippen molar-refractivity contribution in [3.8, 4) is 22.8 Å². The largest absolute Gasteiger partial charge is 0.492 e. The Balaban J connectivity index is 1.10. The minimum absolute atomic E-state index is 0.678. The molecule has 4 heterocycles. The Morgan fingerprint density at radius 3 is 2.28 bits per heavy atom. The highest BCUT2D eigenvalue weighted by molar-refractivity contribution is 5.98. The van der Waals surface area contributed by atoms with Crippen LogP contribution in [-0.4, -0.2) is 85.5 Å². The van der Waals surface area contributed by atoms with Crippen molar-refractivity contribution in [1.82, 2.24) is 19.8 Å². The maximum absolute atomic E-state index is 6.07. The van der Waals surface area contributed by atoms with Gasteiger partial charge in [-0.3, -0.25) is 9.80 Å². The van der Waals surface area contributed by atoms with Gasteiger partial charge in [-0.1, -0.05) is 6.42 Å². The lowest BCUT2D eigenvalue weighted by molar-refractivity contribution is 0.0322. The van der Waals surface area contributed by atoms with Crippen LogP contribution in [0.25, 0.3) is 33.1 Å². The molecule has 2 N–H and O–H groups in total. The van der Waals surface area contributed by atoms with Crippen LogP contribution in [0.1, 0.15) is 19.3 Å². The zero-order valence-corrected chi connectivity index (χ0v) is 20.9. The van der Waals surface area contributed by atoms with Crippen LogP contribution >= 0.6 is 0 Å². The van der Waals surface area contributed by atoms with Gasteiger partial charge < -0.3 is 24.2 Å². The fraction of sp³-hybridized carbons (Fsp3) is 0.448. The topological polar surface area (TPSA) is 65.7 Å². The van der Waals surface area contributed by atoms with Crippen LogP contribution in [0.3, 0.4) is 0 Å². The van der Waals surface area contributed by atoms with E-state index in [0.717, 1.165) is 90.6 Å². The molecule has 0 spiro atoms. The molecule has 0 saturated carbocycles. The zero-order chi connectivity index (χ0) is 24.2. The van der Waals surface area contributed by atoms with Crippen molar-refractivity contribution >= 4 is 21.8 Å². The fourth-order valence-electron chi connectivity index (χ4n) is 5.26. The highest BCUT2D eigenvalue weighted by Gasteiger charge is 2.13. The summed E-state index contributed by atoms with van der Waals surface area (Å²) < 4.78 is 17.5. The lowest BCUT2D eigenvalue weighted by Crippen LogP contribution is -2.38. The van der Waals surface area contributed by atoms with Crippen molar-refractivity contribution in [1.29, 1.82) is 0 Å². The molecular weight excluding hydrogens is 452 g/mol. The van der Waals surface area contributed by atoms with Gasteiger partial charge in [-0.2, -0.15) is 0 Å². The van der Waals surface area contributed by atoms with Gasteiger partial charge in [-0.15, -0.1) is 0 Å². The SMILES string of the molecule is [c]1c(-c2c[nH]c3cc(OCCN4CCOCC4)ccc23)[nH]c2cc(OCCN3CCCCC3)ccc12. The number of aromatic amines is 2. The minimum atomic E-state index is 0.678. The number of nitrogens with zero attached hydrogens (tertiary/aromatic N) is 2. The van der Waals surface area contributed by atoms with E-state index in [1.807, 2.05) is 12.3 Å². The molecule has 6 rings (SSSR count). The van der Waals surface area contributed by atoms with Gasteiger partial charge in [0.25, 0.3) is 0 Å². The minimum Gasteiger partial charge on any atom is -0.492 e. The van der Waals surface area contributed by atoms with E-state index in [1.165, 1.54) is 32.4 Å². The van der Waals surface area contributed by atoms with Crippen LogP contribution in [0.5, 0.6) is 11.5 Å². The molecule has 0 atom stereocenters. The number of piperidine rings is 1. The number of hydrogen-bond acceptors (Lipinski definition) is 5. The molecule has 7 heteroatoms. The van der Waals surface area contributed by atoms with Gasteiger partial charge in [0.15, 0.2) is 0 Å². The lowest BCUT2D eigenvalue weighted by atomic mass is 10.1. The number of aromatic nitrogens is 2. The molecule has 36 heavy (non-hydrogen) atoms. The number of fused-ring (bicyclic) bond motifs is 2. The first kappa shape index (κ1) is 23.4. The third kappa shape index (κ3) is 5.38. The monoisotopic (exact) mass is 487 g/mol. The molecule has 2 saturated heterocycles. The van der Waals surface area contributed by atoms with Gasteiger partial charge in [0.05, 0.1) is 24.4 Å². The van der Waals surface area contributed by atoms with E-state index in [2.05, 4.69) is 56.2 Å². The number of rotatable bonds is 9. The maximum Gasteiger partial charge on any atom is 0.121 e. The first-order valence-corrected chi connectivity index (χ1v) is 13.3. The Labute approximate surface area is 212 Å². The molecule has 0 aliphatic carbocycles. The molecule has 1 radical (unpaired) electrons. The van der Waals surface area contributed by atoms with E-state index in [-0.39, 0.29) is 0 Å². The van der Waals surface area contributed by atoms with Crippen LogP contribution in [-0.2, 0) is 4.74 Å². The summed E-state index contributed by atoms with van der Waals surface area (Å²) in [4.78, 5) is 11.8. The molecule has 0 amide bonds. The Morgan fingerprint density at radius 1 is 0.806 bits per heavy atom. The second-order valence-electron chi connectivity index (χ2n) is 9.80. The Morgan fingerprint density at radius 2 is 1.50 bits per heavy atom. The normalized spacial score (nSPS) is 17.7. The van der Waals surface area contributed by atoms with Crippen LogP contribution in [0, 0.1) is 6.07 Å². The van der Waals surface area contributed by atoms with Crippen LogP contribution in [0.15, 0.2) is 42.6 Å². The van der Waals surface area contributed by atoms with Crippen LogP contribution in [0.4, 0.5) is 0 Å². The third-order valence-corrected chi connectivity index (χ3v) is 7.34. The summed E-state index contributed by atoms with van der Waals surface area (Å²) in [6, 6.07) is 16.0. The van der Waals surface area contributed by atoms with Gasteiger partial charge in [0.1, 0.15) is 24.7 Å². The molecule has 189 valence electrons. The van der Waals surface area contributed by atoms with Gasteiger partial charge in [-0.05, 0) is 50.2 Å². The van der Waals surface area contributed by atoms with Crippen LogP contribution in [0.2, 0.25) is 0 Å². The predicted molar refractivity (Wildman–Crippen MR) is 143 cm³/mol. The number of H-pyrrole nitrogens is 2. The van der Waals surface area contributed by atoms with Gasteiger partial charge in [0.2, 0.25) is 0 Å². The first-order valence-electron chi connectivity index (χ1n) is 13.3. The summed E-state index contributed by atoms with van der Waals surface area (Å²) in [5.41, 5.74) is 4.18. The standard InChI is InChI=1S/C29H35N4O3/c1-2-8-32(9-3-1)12-16-35-23-5-4-22-18-29(31-27(22)19-23)26-21-30-28-20-24(6-7-25(26)28)36-17-13-33-10-14-34-15-11-33/h4-7,19-21,30-31H,1-3,8-17H2. The summed E-state index contributed by atoms with van der Waals surface area (Å²) in [7, 11) is 0. The average molecular weight is 488 g/mol. The molecule has 2 aromatic carbocycles. The van der Waals surface area contributed by atoms with Gasteiger partial charge in [0, 0.05) is 72.4 Å². The zero-order valence-electron chi connectivity index (χ0n) is 20.9. The molecule has 2 aliphatic rings. The molecule has 2 fully saturated rings. The summed E-state index contributed by atoms with van der Waals surface area (Å²) in [6.07, 6.45) is 6.02. The number of likely N-dealkylation sites (tertiary alicyclic amines) is 1. The number of ether oxygens (including phenoxy) is 3. The van der Waals surface area contributed by atoms with Crippen molar-refractivity contribution in [2.75, 3.05) is 65.7 Å². The second-order valence-corrected chi connectivity index (χ2v) is 9.80. The molecule has 0 unspecified atom stereocenters. The van der Waals surface area contributed by atoms with Gasteiger partial charge >= 0.3 is 0 Å². The van der Waals surface area contributed by atoms with Crippen molar-refractivity contribution < 1.29 is 14.2 Å². The molecule has 0 bridgehead atoms. The van der Waals surface area contributed by atoms with E-state index in [1.54, 1.807) is 0 Å². The third-order valence-electron chi connectivity index (χ3n) is 7.34. The maximum atomic E-state index is 6.07. The van der Waals surface area contributed by atoms with Crippen LogP contribution < -0.4 is 9.47 Å². The van der Waals surface area contributed by atoms with E-state index in [0.29, 0.717) is 6.61 Å². The highest BCUT2D eigenvalue weighted by atomic mass is 16.5. The smallest absolute Gasteiger partial charge is 0.121 e. The predicted octanol–water partition coefficient (Wildman–Crippen LogP) is 4.69. The number of hydrogen-bond donors (Lipinski definition) is 2. The lowest BCUT2D eigenvalue weighted by Gasteiger charge is -2.26. The fourth-order valence-corrected chi connectivity index (χ4v) is 5.26.